The molecule has 0 radical (unpaired) electrons. The molecular weight excluding hydrogens is 316 g/mol. The number of allylic oxidation sites excluding steroid dienone is 1. The smallest absolute Gasteiger partial charge is 0.253 e. The van der Waals surface area contributed by atoms with Crippen molar-refractivity contribution in [2.75, 3.05) is 31.1 Å². The number of hydrogen-bond donors (Lipinski definition) is 1. The standard InChI is InChI=1S/C20H26N2O3/c1-2-9-20(15-23)10-5-11-21(14-20)19(25)16-6-3-7-17(13-16)22-12-4-8-18(22)24/h2-3,6-7,13,23H,1,4-5,8-12,14-15H2/t20-/m1/s1. The highest BCUT2D eigenvalue weighted by atomic mass is 16.3. The van der Waals surface area contributed by atoms with Crippen molar-refractivity contribution in [2.24, 2.45) is 5.41 Å². The van der Waals surface area contributed by atoms with Gasteiger partial charge in [0, 0.05) is 42.7 Å². The van der Waals surface area contributed by atoms with Gasteiger partial charge in [0.2, 0.25) is 5.91 Å². The van der Waals surface area contributed by atoms with Crippen molar-refractivity contribution < 1.29 is 14.7 Å². The van der Waals surface area contributed by atoms with Gasteiger partial charge < -0.3 is 14.9 Å². The number of aliphatic hydroxyl groups excluding tert-OH is 1. The van der Waals surface area contributed by atoms with Crippen LogP contribution >= 0.6 is 0 Å². The molecule has 0 bridgehead atoms. The zero-order chi connectivity index (χ0) is 17.9. The van der Waals surface area contributed by atoms with Gasteiger partial charge in [-0.1, -0.05) is 12.1 Å². The van der Waals surface area contributed by atoms with E-state index in [1.807, 2.05) is 29.2 Å². The maximum absolute atomic E-state index is 13.0. The average molecular weight is 342 g/mol. The molecule has 2 saturated heterocycles. The number of carbonyl (C=O) groups is 2. The van der Waals surface area contributed by atoms with E-state index < -0.39 is 0 Å². The van der Waals surface area contributed by atoms with Crippen molar-refractivity contribution in [2.45, 2.75) is 32.1 Å². The summed E-state index contributed by atoms with van der Waals surface area (Å²) in [7, 11) is 0. The quantitative estimate of drug-likeness (QED) is 0.837. The van der Waals surface area contributed by atoms with Crippen molar-refractivity contribution in [1.82, 2.24) is 4.90 Å². The Morgan fingerprint density at radius 2 is 2.16 bits per heavy atom. The lowest BCUT2D eigenvalue weighted by molar-refractivity contribution is -0.117. The zero-order valence-corrected chi connectivity index (χ0v) is 14.6. The molecule has 0 aliphatic carbocycles. The van der Waals surface area contributed by atoms with E-state index in [0.717, 1.165) is 24.9 Å². The summed E-state index contributed by atoms with van der Waals surface area (Å²) in [4.78, 5) is 28.5. The molecule has 5 nitrogen and oxygen atoms in total. The van der Waals surface area contributed by atoms with Crippen molar-refractivity contribution in [1.29, 1.82) is 0 Å². The number of carbonyl (C=O) groups excluding carboxylic acids is 2. The highest BCUT2D eigenvalue weighted by Gasteiger charge is 2.36. The number of hydrogen-bond acceptors (Lipinski definition) is 3. The van der Waals surface area contributed by atoms with E-state index in [0.29, 0.717) is 38.0 Å². The van der Waals surface area contributed by atoms with Crippen molar-refractivity contribution >= 4 is 17.5 Å². The first kappa shape index (κ1) is 17.7. The number of amides is 2. The molecule has 0 spiro atoms. The summed E-state index contributed by atoms with van der Waals surface area (Å²) in [5.41, 5.74) is 1.12. The largest absolute Gasteiger partial charge is 0.396 e. The highest BCUT2D eigenvalue weighted by Crippen LogP contribution is 2.34. The third-order valence-electron chi connectivity index (χ3n) is 5.34. The molecule has 5 heteroatoms. The molecule has 1 aromatic rings. The molecule has 1 N–H and O–H groups in total. The Hall–Kier alpha value is -2.14. The second-order valence-electron chi connectivity index (χ2n) is 7.18. The van der Waals surface area contributed by atoms with Crippen LogP contribution in [0, 0.1) is 5.41 Å². The second kappa shape index (κ2) is 7.40. The minimum absolute atomic E-state index is 0.0323. The van der Waals surface area contributed by atoms with E-state index in [9.17, 15) is 14.7 Å². The van der Waals surface area contributed by atoms with Crippen LogP contribution in [0.1, 0.15) is 42.5 Å². The molecule has 134 valence electrons. The van der Waals surface area contributed by atoms with Crippen LogP contribution in [0.2, 0.25) is 0 Å². The molecule has 2 aliphatic rings. The molecule has 2 amide bonds. The van der Waals surface area contributed by atoms with Crippen LogP contribution < -0.4 is 4.90 Å². The zero-order valence-electron chi connectivity index (χ0n) is 14.6. The number of rotatable bonds is 5. The summed E-state index contributed by atoms with van der Waals surface area (Å²) < 4.78 is 0. The lowest BCUT2D eigenvalue weighted by atomic mass is 9.77. The van der Waals surface area contributed by atoms with Crippen molar-refractivity contribution in [3.05, 3.63) is 42.5 Å². The molecule has 0 aromatic heterocycles. The van der Waals surface area contributed by atoms with E-state index >= 15 is 0 Å². The van der Waals surface area contributed by atoms with Crippen molar-refractivity contribution in [3.63, 3.8) is 0 Å². The van der Waals surface area contributed by atoms with Gasteiger partial charge in [0.15, 0.2) is 0 Å². The van der Waals surface area contributed by atoms with Crippen molar-refractivity contribution in [3.8, 4) is 0 Å². The molecule has 2 fully saturated rings. The van der Waals surface area contributed by atoms with Crippen LogP contribution in [-0.4, -0.2) is 48.1 Å². The first-order valence-corrected chi connectivity index (χ1v) is 9.00. The second-order valence-corrected chi connectivity index (χ2v) is 7.18. The number of aliphatic hydroxyl groups is 1. The van der Waals surface area contributed by atoms with E-state index in [1.54, 1.807) is 11.0 Å². The summed E-state index contributed by atoms with van der Waals surface area (Å²) in [5, 5.41) is 9.83. The lowest BCUT2D eigenvalue weighted by Gasteiger charge is -2.41. The summed E-state index contributed by atoms with van der Waals surface area (Å²) in [6, 6.07) is 7.33. The normalized spacial score (nSPS) is 23.8. The van der Waals surface area contributed by atoms with Gasteiger partial charge in [0.1, 0.15) is 0 Å². The Balaban J connectivity index is 1.78. The van der Waals surface area contributed by atoms with E-state index in [2.05, 4.69) is 6.58 Å². The Labute approximate surface area is 148 Å². The molecule has 0 saturated carbocycles. The van der Waals surface area contributed by atoms with Crippen LogP contribution in [-0.2, 0) is 4.79 Å². The predicted molar refractivity (Wildman–Crippen MR) is 97.5 cm³/mol. The van der Waals surface area contributed by atoms with Gasteiger partial charge >= 0.3 is 0 Å². The molecule has 2 aliphatic heterocycles. The van der Waals surface area contributed by atoms with Crippen LogP contribution in [0.5, 0.6) is 0 Å². The van der Waals surface area contributed by atoms with Gasteiger partial charge in [-0.25, -0.2) is 0 Å². The Morgan fingerprint density at radius 3 is 2.84 bits per heavy atom. The monoisotopic (exact) mass is 342 g/mol. The lowest BCUT2D eigenvalue weighted by Crippen LogP contribution is -2.47. The predicted octanol–water partition coefficient (Wildman–Crippen LogP) is 2.60. The maximum atomic E-state index is 13.0. The van der Waals surface area contributed by atoms with E-state index in [1.165, 1.54) is 0 Å². The number of anilines is 1. The first-order chi connectivity index (χ1) is 12.1. The van der Waals surface area contributed by atoms with Gasteiger partial charge in [0.05, 0.1) is 6.61 Å². The van der Waals surface area contributed by atoms with Gasteiger partial charge in [-0.05, 0) is 43.9 Å². The average Bonchev–Trinajstić information content (AvgIpc) is 3.07. The van der Waals surface area contributed by atoms with E-state index in [4.69, 9.17) is 0 Å². The molecular formula is C20H26N2O3. The number of likely N-dealkylation sites (tertiary alicyclic amines) is 1. The van der Waals surface area contributed by atoms with Crippen LogP contribution in [0.15, 0.2) is 36.9 Å². The van der Waals surface area contributed by atoms with Gasteiger partial charge in [-0.3, -0.25) is 9.59 Å². The fourth-order valence-corrected chi connectivity index (χ4v) is 3.96. The fraction of sp³-hybridized carbons (Fsp3) is 0.500. The number of nitrogens with zero attached hydrogens (tertiary/aromatic N) is 2. The van der Waals surface area contributed by atoms with Crippen LogP contribution in [0.4, 0.5) is 5.69 Å². The molecule has 0 unspecified atom stereocenters. The van der Waals surface area contributed by atoms with E-state index in [-0.39, 0.29) is 23.8 Å². The highest BCUT2D eigenvalue weighted by molar-refractivity contribution is 5.99. The summed E-state index contributed by atoms with van der Waals surface area (Å²) >= 11 is 0. The summed E-state index contributed by atoms with van der Waals surface area (Å²) in [6.45, 7) is 5.80. The molecule has 1 atom stereocenters. The first-order valence-electron chi connectivity index (χ1n) is 9.00. The Morgan fingerprint density at radius 1 is 1.32 bits per heavy atom. The van der Waals surface area contributed by atoms with Gasteiger partial charge in [-0.15, -0.1) is 6.58 Å². The third kappa shape index (κ3) is 3.61. The SMILES string of the molecule is C=CC[C@@]1(CO)CCCN(C(=O)c2cccc(N3CCCC3=O)c2)C1. The molecule has 2 heterocycles. The Kier molecular flexibility index (Phi) is 5.23. The minimum atomic E-state index is -0.280. The molecule has 1 aromatic carbocycles. The molecule has 25 heavy (non-hydrogen) atoms. The van der Waals surface area contributed by atoms with Gasteiger partial charge in [-0.2, -0.15) is 0 Å². The minimum Gasteiger partial charge on any atom is -0.396 e. The van der Waals surface area contributed by atoms with Gasteiger partial charge in [0.25, 0.3) is 5.91 Å². The number of benzene rings is 1. The Bertz CT molecular complexity index is 673. The topological polar surface area (TPSA) is 60.9 Å². The van der Waals surface area contributed by atoms with Crippen LogP contribution in [0.25, 0.3) is 0 Å². The third-order valence-corrected chi connectivity index (χ3v) is 5.34. The number of piperidine rings is 1. The fourth-order valence-electron chi connectivity index (χ4n) is 3.96. The van der Waals surface area contributed by atoms with Crippen LogP contribution in [0.3, 0.4) is 0 Å². The maximum Gasteiger partial charge on any atom is 0.253 e. The molecule has 3 rings (SSSR count). The summed E-state index contributed by atoms with van der Waals surface area (Å²) in [5.74, 6) is 0.0861. The summed E-state index contributed by atoms with van der Waals surface area (Å²) in [6.07, 6.45) is 5.75.